The van der Waals surface area contributed by atoms with Crippen molar-refractivity contribution in [3.05, 3.63) is 29.4 Å². The highest BCUT2D eigenvalue weighted by atomic mass is 35.5. The topological polar surface area (TPSA) is 67.1 Å². The van der Waals surface area contributed by atoms with Crippen LogP contribution in [-0.2, 0) is 6.54 Å². The van der Waals surface area contributed by atoms with E-state index in [-0.39, 0.29) is 5.28 Å². The van der Waals surface area contributed by atoms with Gasteiger partial charge in [0, 0.05) is 26.2 Å². The maximum absolute atomic E-state index is 5.81. The van der Waals surface area contributed by atoms with E-state index in [9.17, 15) is 0 Å². The molecule has 0 atom stereocenters. The van der Waals surface area contributed by atoms with Crippen LogP contribution in [0.15, 0.2) is 23.0 Å². The van der Waals surface area contributed by atoms with Gasteiger partial charge in [-0.2, -0.15) is 15.0 Å². The van der Waals surface area contributed by atoms with Crippen molar-refractivity contribution in [1.29, 1.82) is 0 Å². The van der Waals surface area contributed by atoms with E-state index < -0.39 is 0 Å². The zero-order valence-corrected chi connectivity index (χ0v) is 10.3. The van der Waals surface area contributed by atoms with Crippen LogP contribution in [0, 0.1) is 0 Å². The van der Waals surface area contributed by atoms with Gasteiger partial charge in [0.05, 0.1) is 12.5 Å². The zero-order chi connectivity index (χ0) is 12.3. The second kappa shape index (κ2) is 5.01. The van der Waals surface area contributed by atoms with Crippen molar-refractivity contribution >= 4 is 23.5 Å². The number of furan rings is 1. The molecule has 0 aliphatic rings. The number of nitrogens with zero attached hydrogens (tertiary/aromatic N) is 4. The van der Waals surface area contributed by atoms with Crippen molar-refractivity contribution in [1.82, 2.24) is 15.0 Å². The molecule has 7 heteroatoms. The third-order valence-electron chi connectivity index (χ3n) is 2.16. The summed E-state index contributed by atoms with van der Waals surface area (Å²) < 4.78 is 5.00. The lowest BCUT2D eigenvalue weighted by molar-refractivity contribution is 0.563. The highest BCUT2D eigenvalue weighted by molar-refractivity contribution is 6.28. The predicted molar refractivity (Wildman–Crippen MR) is 65.2 cm³/mol. The van der Waals surface area contributed by atoms with Gasteiger partial charge in [0.15, 0.2) is 0 Å². The average Bonchev–Trinajstić information content (AvgIpc) is 2.81. The van der Waals surface area contributed by atoms with Crippen LogP contribution in [0.5, 0.6) is 0 Å². The molecule has 2 aromatic heterocycles. The molecule has 0 amide bonds. The van der Waals surface area contributed by atoms with Gasteiger partial charge in [-0.05, 0) is 17.7 Å². The number of anilines is 2. The van der Waals surface area contributed by atoms with Crippen LogP contribution in [0.25, 0.3) is 0 Å². The second-order valence-corrected chi connectivity index (χ2v) is 3.80. The highest BCUT2D eigenvalue weighted by Crippen LogP contribution is 2.14. The molecule has 0 spiro atoms. The maximum atomic E-state index is 5.81. The number of rotatable bonds is 4. The fourth-order valence-electron chi connectivity index (χ4n) is 1.35. The predicted octanol–water partition coefficient (Wildman–Crippen LogP) is 1.80. The first-order valence-corrected chi connectivity index (χ1v) is 5.38. The fourth-order valence-corrected chi connectivity index (χ4v) is 1.50. The average molecular weight is 254 g/mol. The van der Waals surface area contributed by atoms with Crippen molar-refractivity contribution in [3.8, 4) is 0 Å². The lowest BCUT2D eigenvalue weighted by atomic mass is 10.3. The van der Waals surface area contributed by atoms with Crippen LogP contribution in [0.1, 0.15) is 5.56 Å². The van der Waals surface area contributed by atoms with Gasteiger partial charge in [0.2, 0.25) is 17.2 Å². The summed E-state index contributed by atoms with van der Waals surface area (Å²) in [7, 11) is 3.60. The number of aromatic nitrogens is 3. The highest BCUT2D eigenvalue weighted by Gasteiger charge is 2.09. The van der Waals surface area contributed by atoms with E-state index in [2.05, 4.69) is 20.3 Å². The van der Waals surface area contributed by atoms with Gasteiger partial charge in [-0.3, -0.25) is 0 Å². The molecule has 0 fully saturated rings. The summed E-state index contributed by atoms with van der Waals surface area (Å²) in [5.74, 6) is 0.953. The second-order valence-electron chi connectivity index (χ2n) is 3.47. The normalized spacial score (nSPS) is 10.3. The van der Waals surface area contributed by atoms with Crippen molar-refractivity contribution in [3.63, 3.8) is 0 Å². The standard InChI is InChI=1S/C10H12ClN5O/c1-12-9-13-8(11)14-10(15-9)16(2)5-7-3-4-17-6-7/h3-4,6H,5H2,1-2H3,(H,12,13,14,15). The quantitative estimate of drug-likeness (QED) is 0.896. The molecular weight excluding hydrogens is 242 g/mol. The van der Waals surface area contributed by atoms with Crippen LogP contribution in [0.3, 0.4) is 0 Å². The molecule has 0 saturated heterocycles. The molecule has 2 rings (SSSR count). The summed E-state index contributed by atoms with van der Waals surface area (Å²) in [4.78, 5) is 14.0. The number of nitrogens with one attached hydrogen (secondary N) is 1. The minimum Gasteiger partial charge on any atom is -0.472 e. The Kier molecular flexibility index (Phi) is 3.43. The Hall–Kier alpha value is -1.82. The Morgan fingerprint density at radius 2 is 2.24 bits per heavy atom. The zero-order valence-electron chi connectivity index (χ0n) is 9.51. The van der Waals surface area contributed by atoms with Crippen LogP contribution in [-0.4, -0.2) is 29.0 Å². The summed E-state index contributed by atoms with van der Waals surface area (Å²) in [6.45, 7) is 0.639. The van der Waals surface area contributed by atoms with Crippen molar-refractivity contribution in [2.24, 2.45) is 0 Å². The molecule has 6 nitrogen and oxygen atoms in total. The Labute approximate surface area is 104 Å². The van der Waals surface area contributed by atoms with Crippen LogP contribution < -0.4 is 10.2 Å². The van der Waals surface area contributed by atoms with E-state index in [0.29, 0.717) is 18.4 Å². The lowest BCUT2D eigenvalue weighted by Gasteiger charge is -2.16. The van der Waals surface area contributed by atoms with Crippen LogP contribution in [0.2, 0.25) is 5.28 Å². The summed E-state index contributed by atoms with van der Waals surface area (Å²) in [5, 5.41) is 3.00. The molecule has 2 aromatic rings. The lowest BCUT2D eigenvalue weighted by Crippen LogP contribution is -2.19. The van der Waals surface area contributed by atoms with Crippen LogP contribution in [0.4, 0.5) is 11.9 Å². The van der Waals surface area contributed by atoms with Crippen molar-refractivity contribution < 1.29 is 4.42 Å². The monoisotopic (exact) mass is 253 g/mol. The molecule has 2 heterocycles. The van der Waals surface area contributed by atoms with Crippen molar-refractivity contribution in [2.45, 2.75) is 6.54 Å². The number of halogens is 1. The fraction of sp³-hybridized carbons (Fsp3) is 0.300. The molecule has 0 bridgehead atoms. The van der Waals surface area contributed by atoms with Gasteiger partial charge >= 0.3 is 0 Å². The smallest absolute Gasteiger partial charge is 0.231 e. The molecule has 1 N–H and O–H groups in total. The first kappa shape index (κ1) is 11.7. The Bertz CT molecular complexity index is 487. The van der Waals surface area contributed by atoms with Crippen LogP contribution >= 0.6 is 11.6 Å². The molecule has 0 aliphatic carbocycles. The van der Waals surface area contributed by atoms with E-state index in [1.807, 2.05) is 18.0 Å². The summed E-state index contributed by atoms with van der Waals surface area (Å²) in [6.07, 6.45) is 3.31. The Morgan fingerprint density at radius 3 is 2.88 bits per heavy atom. The van der Waals surface area contributed by atoms with Gasteiger partial charge in [-0.1, -0.05) is 0 Å². The summed E-state index contributed by atoms with van der Waals surface area (Å²) in [6, 6.07) is 1.89. The summed E-state index contributed by atoms with van der Waals surface area (Å²) in [5.41, 5.74) is 1.04. The first-order chi connectivity index (χ1) is 8.19. The number of hydrogen-bond donors (Lipinski definition) is 1. The Morgan fingerprint density at radius 1 is 1.41 bits per heavy atom. The third kappa shape index (κ3) is 2.85. The molecule has 0 radical (unpaired) electrons. The SMILES string of the molecule is CNc1nc(Cl)nc(N(C)Cc2ccoc2)n1. The minimum absolute atomic E-state index is 0.165. The molecule has 0 saturated carbocycles. The molecular formula is C10H12ClN5O. The third-order valence-corrected chi connectivity index (χ3v) is 2.33. The van der Waals surface area contributed by atoms with Gasteiger partial charge in [-0.15, -0.1) is 0 Å². The van der Waals surface area contributed by atoms with E-state index in [1.165, 1.54) is 0 Å². The Balaban J connectivity index is 2.18. The van der Waals surface area contributed by atoms with E-state index >= 15 is 0 Å². The van der Waals surface area contributed by atoms with Gasteiger partial charge < -0.3 is 14.6 Å². The first-order valence-electron chi connectivity index (χ1n) is 5.00. The molecule has 0 aromatic carbocycles. The van der Waals surface area contributed by atoms with Gasteiger partial charge in [0.25, 0.3) is 0 Å². The molecule has 0 unspecified atom stereocenters. The van der Waals surface area contributed by atoms with Crippen molar-refractivity contribution in [2.75, 3.05) is 24.3 Å². The number of hydrogen-bond acceptors (Lipinski definition) is 6. The van der Waals surface area contributed by atoms with E-state index in [1.54, 1.807) is 19.6 Å². The minimum atomic E-state index is 0.165. The van der Waals surface area contributed by atoms with E-state index in [4.69, 9.17) is 16.0 Å². The van der Waals surface area contributed by atoms with E-state index in [0.717, 1.165) is 5.56 Å². The van der Waals surface area contributed by atoms with Gasteiger partial charge in [-0.25, -0.2) is 0 Å². The van der Waals surface area contributed by atoms with Gasteiger partial charge in [0.1, 0.15) is 0 Å². The molecule has 0 aliphatic heterocycles. The molecule has 90 valence electrons. The maximum Gasteiger partial charge on any atom is 0.231 e. The summed E-state index contributed by atoms with van der Waals surface area (Å²) >= 11 is 5.81. The largest absolute Gasteiger partial charge is 0.472 e. The molecule has 17 heavy (non-hydrogen) atoms.